The topological polar surface area (TPSA) is 38.1 Å². The first-order valence-electron chi connectivity index (χ1n) is 7.14. The van der Waals surface area contributed by atoms with Crippen LogP contribution in [0.2, 0.25) is 0 Å². The summed E-state index contributed by atoms with van der Waals surface area (Å²) in [6.45, 7) is 5.42. The molecule has 0 bridgehead atoms. The molecule has 1 aromatic rings. The summed E-state index contributed by atoms with van der Waals surface area (Å²) in [4.78, 5) is 14.6. The van der Waals surface area contributed by atoms with Crippen molar-refractivity contribution < 1.29 is 4.79 Å². The summed E-state index contributed by atoms with van der Waals surface area (Å²) in [5.41, 5.74) is 1.68. The number of nitrogens with zero attached hydrogens (tertiary/aromatic N) is 3. The summed E-state index contributed by atoms with van der Waals surface area (Å²) in [7, 11) is 0. The number of hydrogen-bond donors (Lipinski definition) is 0. The first-order valence-corrected chi connectivity index (χ1v) is 7.68. The summed E-state index contributed by atoms with van der Waals surface area (Å²) < 4.78 is 1.81. The molecule has 1 saturated carbocycles. The molecule has 0 atom stereocenters. The summed E-state index contributed by atoms with van der Waals surface area (Å²) >= 11 is 5.84. The number of aryl methyl sites for hydroxylation is 2. The van der Waals surface area contributed by atoms with Gasteiger partial charge in [0.2, 0.25) is 0 Å². The molecule has 1 aromatic heterocycles. The largest absolute Gasteiger partial charge is 0.333 e. The third-order valence-corrected chi connectivity index (χ3v) is 3.98. The average Bonchev–Trinajstić information content (AvgIpc) is 2.78. The molecule has 4 nitrogen and oxygen atoms in total. The Morgan fingerprint density at radius 2 is 2.26 bits per heavy atom. The van der Waals surface area contributed by atoms with Crippen LogP contribution < -0.4 is 0 Å². The standard InChI is InChI=1S/C14H22ClN3O/c1-3-11-10-13(18(4-2)16-11)14(19)17(9-8-15)12-6-5-7-12/h10,12H,3-9H2,1-2H3. The van der Waals surface area contributed by atoms with Crippen LogP contribution in [-0.2, 0) is 13.0 Å². The van der Waals surface area contributed by atoms with E-state index in [1.165, 1.54) is 6.42 Å². The predicted molar refractivity (Wildman–Crippen MR) is 76.7 cm³/mol. The Kier molecular flexibility index (Phi) is 4.86. The maximum Gasteiger partial charge on any atom is 0.272 e. The van der Waals surface area contributed by atoms with Gasteiger partial charge in [0.1, 0.15) is 5.69 Å². The summed E-state index contributed by atoms with van der Waals surface area (Å²) in [6, 6.07) is 2.29. The molecule has 0 radical (unpaired) electrons. The predicted octanol–water partition coefficient (Wildman–Crippen LogP) is 2.70. The zero-order valence-corrected chi connectivity index (χ0v) is 12.5. The Balaban J connectivity index is 2.22. The van der Waals surface area contributed by atoms with Gasteiger partial charge in [0.15, 0.2) is 0 Å². The molecule has 0 aliphatic heterocycles. The number of halogens is 1. The number of carbonyl (C=O) groups excluding carboxylic acids is 1. The van der Waals surface area contributed by atoms with E-state index in [1.807, 2.05) is 17.9 Å². The molecule has 19 heavy (non-hydrogen) atoms. The highest BCUT2D eigenvalue weighted by molar-refractivity contribution is 6.18. The number of rotatable bonds is 6. The van der Waals surface area contributed by atoms with Crippen molar-refractivity contribution >= 4 is 17.5 Å². The maximum atomic E-state index is 12.7. The van der Waals surface area contributed by atoms with Gasteiger partial charge in [0.05, 0.1) is 5.69 Å². The van der Waals surface area contributed by atoms with Crippen molar-refractivity contribution in [2.75, 3.05) is 12.4 Å². The number of aromatic nitrogens is 2. The molecule has 0 N–H and O–H groups in total. The Morgan fingerprint density at radius 1 is 1.53 bits per heavy atom. The van der Waals surface area contributed by atoms with Gasteiger partial charge in [-0.15, -0.1) is 11.6 Å². The van der Waals surface area contributed by atoms with Crippen molar-refractivity contribution in [3.8, 4) is 0 Å². The Hall–Kier alpha value is -1.03. The third kappa shape index (κ3) is 2.94. The van der Waals surface area contributed by atoms with E-state index in [0.29, 0.717) is 24.2 Å². The van der Waals surface area contributed by atoms with Crippen LogP contribution in [0.3, 0.4) is 0 Å². The molecule has 5 heteroatoms. The van der Waals surface area contributed by atoms with Gasteiger partial charge in [-0.1, -0.05) is 6.92 Å². The molecule has 0 unspecified atom stereocenters. The molecule has 1 fully saturated rings. The van der Waals surface area contributed by atoms with E-state index in [4.69, 9.17) is 11.6 Å². The zero-order chi connectivity index (χ0) is 13.8. The number of carbonyl (C=O) groups is 1. The molecule has 0 aromatic carbocycles. The minimum Gasteiger partial charge on any atom is -0.333 e. The van der Waals surface area contributed by atoms with Gasteiger partial charge >= 0.3 is 0 Å². The third-order valence-electron chi connectivity index (χ3n) is 3.81. The summed E-state index contributed by atoms with van der Waals surface area (Å²) in [5, 5.41) is 4.45. The number of amides is 1. The van der Waals surface area contributed by atoms with E-state index in [2.05, 4.69) is 12.0 Å². The number of hydrogen-bond acceptors (Lipinski definition) is 2. The van der Waals surface area contributed by atoms with E-state index in [-0.39, 0.29) is 5.91 Å². The van der Waals surface area contributed by atoms with Gasteiger partial charge in [-0.3, -0.25) is 9.48 Å². The quantitative estimate of drug-likeness (QED) is 0.753. The molecule has 2 rings (SSSR count). The highest BCUT2D eigenvalue weighted by Gasteiger charge is 2.30. The Labute approximate surface area is 119 Å². The van der Waals surface area contributed by atoms with Crippen LogP contribution in [0.15, 0.2) is 6.07 Å². The summed E-state index contributed by atoms with van der Waals surface area (Å²) in [6.07, 6.45) is 4.27. The fourth-order valence-corrected chi connectivity index (χ4v) is 2.62. The molecule has 106 valence electrons. The second kappa shape index (κ2) is 6.42. The van der Waals surface area contributed by atoms with E-state index in [9.17, 15) is 4.79 Å². The lowest BCUT2D eigenvalue weighted by atomic mass is 9.91. The van der Waals surface area contributed by atoms with Crippen LogP contribution in [0.1, 0.15) is 49.3 Å². The maximum absolute atomic E-state index is 12.7. The van der Waals surface area contributed by atoms with Crippen molar-refractivity contribution in [1.29, 1.82) is 0 Å². The van der Waals surface area contributed by atoms with Crippen molar-refractivity contribution in [3.63, 3.8) is 0 Å². The highest BCUT2D eigenvalue weighted by atomic mass is 35.5. The molecule has 1 aliphatic carbocycles. The number of alkyl halides is 1. The normalized spacial score (nSPS) is 15.3. The first-order chi connectivity index (χ1) is 9.21. The van der Waals surface area contributed by atoms with E-state index in [1.54, 1.807) is 4.68 Å². The zero-order valence-electron chi connectivity index (χ0n) is 11.7. The van der Waals surface area contributed by atoms with Crippen LogP contribution in [0.5, 0.6) is 0 Å². The van der Waals surface area contributed by atoms with E-state index in [0.717, 1.165) is 31.5 Å². The highest BCUT2D eigenvalue weighted by Crippen LogP contribution is 2.26. The van der Waals surface area contributed by atoms with Gasteiger partial charge in [0, 0.05) is 25.0 Å². The minimum absolute atomic E-state index is 0.0828. The second-order valence-electron chi connectivity index (χ2n) is 4.96. The Bertz CT molecular complexity index is 440. The van der Waals surface area contributed by atoms with Crippen LogP contribution in [0.4, 0.5) is 0 Å². The van der Waals surface area contributed by atoms with Crippen molar-refractivity contribution in [2.24, 2.45) is 0 Å². The van der Waals surface area contributed by atoms with Crippen molar-refractivity contribution in [3.05, 3.63) is 17.5 Å². The lowest BCUT2D eigenvalue weighted by Crippen LogP contribution is -2.45. The lowest BCUT2D eigenvalue weighted by molar-refractivity contribution is 0.0585. The molecule has 0 spiro atoms. The lowest BCUT2D eigenvalue weighted by Gasteiger charge is -2.37. The van der Waals surface area contributed by atoms with Crippen molar-refractivity contribution in [1.82, 2.24) is 14.7 Å². The van der Waals surface area contributed by atoms with Crippen LogP contribution in [-0.4, -0.2) is 39.1 Å². The van der Waals surface area contributed by atoms with Crippen molar-refractivity contribution in [2.45, 2.75) is 52.1 Å². The monoisotopic (exact) mass is 283 g/mol. The fourth-order valence-electron chi connectivity index (χ4n) is 2.44. The SMILES string of the molecule is CCc1cc(C(=O)N(CCCl)C2CCC2)n(CC)n1. The van der Waals surface area contributed by atoms with Gasteiger partial charge < -0.3 is 4.90 Å². The minimum atomic E-state index is 0.0828. The van der Waals surface area contributed by atoms with Gasteiger partial charge in [-0.05, 0) is 38.7 Å². The first kappa shape index (κ1) is 14.4. The molecule has 1 aliphatic rings. The van der Waals surface area contributed by atoms with Crippen LogP contribution in [0, 0.1) is 0 Å². The molecule has 1 amide bonds. The smallest absolute Gasteiger partial charge is 0.272 e. The molecule has 0 saturated heterocycles. The van der Waals surface area contributed by atoms with Crippen LogP contribution in [0.25, 0.3) is 0 Å². The fraction of sp³-hybridized carbons (Fsp3) is 0.714. The molecule has 1 heterocycles. The van der Waals surface area contributed by atoms with E-state index >= 15 is 0 Å². The molecular weight excluding hydrogens is 262 g/mol. The van der Waals surface area contributed by atoms with E-state index < -0.39 is 0 Å². The average molecular weight is 284 g/mol. The van der Waals surface area contributed by atoms with Crippen LogP contribution >= 0.6 is 11.6 Å². The molecular formula is C14H22ClN3O. The Morgan fingerprint density at radius 3 is 2.74 bits per heavy atom. The second-order valence-corrected chi connectivity index (χ2v) is 5.34. The van der Waals surface area contributed by atoms with Gasteiger partial charge in [0.25, 0.3) is 5.91 Å². The van der Waals surface area contributed by atoms with Gasteiger partial charge in [-0.25, -0.2) is 0 Å². The van der Waals surface area contributed by atoms with Gasteiger partial charge in [-0.2, -0.15) is 5.10 Å². The summed E-state index contributed by atoms with van der Waals surface area (Å²) in [5.74, 6) is 0.572.